The molecule has 7 nitrogen and oxygen atoms in total. The molecule has 1 aliphatic rings. The Bertz CT molecular complexity index is 1640. The number of thioether (sulfide) groups is 1. The Morgan fingerprint density at radius 3 is 2.38 bits per heavy atom. The Morgan fingerprint density at radius 2 is 1.62 bits per heavy atom. The Hall–Kier alpha value is -4.33. The number of hydrogen-bond acceptors (Lipinski definition) is 5. The van der Waals surface area contributed by atoms with Crippen LogP contribution in [0.5, 0.6) is 0 Å². The second kappa shape index (κ2) is 11.5. The van der Waals surface area contributed by atoms with Crippen LogP contribution in [0.1, 0.15) is 32.9 Å². The van der Waals surface area contributed by atoms with Crippen LogP contribution in [0.25, 0.3) is 5.69 Å². The molecular formula is C28H21F6N5O2S. The molecule has 0 spiro atoms. The molecule has 0 bridgehead atoms. The van der Waals surface area contributed by atoms with Crippen molar-refractivity contribution in [3.63, 3.8) is 0 Å². The fourth-order valence-corrected chi connectivity index (χ4v) is 5.42. The minimum absolute atomic E-state index is 0.00349. The summed E-state index contributed by atoms with van der Waals surface area (Å²) < 4.78 is 81.9. The molecule has 218 valence electrons. The molecule has 1 N–H and O–H groups in total. The van der Waals surface area contributed by atoms with Crippen LogP contribution in [0, 0.1) is 0 Å². The van der Waals surface area contributed by atoms with Gasteiger partial charge in [0.15, 0.2) is 11.0 Å². The first kappa shape index (κ1) is 29.2. The van der Waals surface area contributed by atoms with E-state index in [0.717, 1.165) is 53.3 Å². The van der Waals surface area contributed by atoms with Gasteiger partial charge in [0.25, 0.3) is 5.91 Å². The SMILES string of the molecule is O=C(NCc1nnc(SCC(=O)N2CCc3ccccc32)n1-c1cccc(C(F)(F)F)c1)c1ccccc1C(F)(F)F. The molecular weight excluding hydrogens is 584 g/mol. The average Bonchev–Trinajstić information content (AvgIpc) is 3.58. The number of benzene rings is 3. The molecule has 0 radical (unpaired) electrons. The highest BCUT2D eigenvalue weighted by Crippen LogP contribution is 2.34. The van der Waals surface area contributed by atoms with E-state index in [9.17, 15) is 35.9 Å². The summed E-state index contributed by atoms with van der Waals surface area (Å²) in [6.07, 6.45) is -8.75. The quantitative estimate of drug-likeness (QED) is 0.209. The number of carbonyl (C=O) groups is 2. The number of hydrogen-bond donors (Lipinski definition) is 1. The van der Waals surface area contributed by atoms with Gasteiger partial charge < -0.3 is 10.2 Å². The van der Waals surface area contributed by atoms with Gasteiger partial charge in [-0.3, -0.25) is 14.2 Å². The Morgan fingerprint density at radius 1 is 0.881 bits per heavy atom. The molecule has 0 unspecified atom stereocenters. The van der Waals surface area contributed by atoms with E-state index in [-0.39, 0.29) is 28.3 Å². The molecule has 3 aromatic carbocycles. The van der Waals surface area contributed by atoms with E-state index in [1.54, 1.807) is 4.90 Å². The van der Waals surface area contributed by atoms with Gasteiger partial charge in [-0.25, -0.2) is 0 Å². The molecule has 0 fully saturated rings. The lowest BCUT2D eigenvalue weighted by atomic mass is 10.1. The van der Waals surface area contributed by atoms with Crippen LogP contribution in [0.4, 0.5) is 32.0 Å². The van der Waals surface area contributed by atoms with E-state index in [0.29, 0.717) is 13.0 Å². The minimum Gasteiger partial charge on any atom is -0.345 e. The first-order valence-corrected chi connectivity index (χ1v) is 13.5. The molecule has 2 amide bonds. The topological polar surface area (TPSA) is 80.1 Å². The van der Waals surface area contributed by atoms with Crippen LogP contribution in [0.2, 0.25) is 0 Å². The minimum atomic E-state index is -4.78. The van der Waals surface area contributed by atoms with E-state index in [2.05, 4.69) is 15.5 Å². The lowest BCUT2D eigenvalue weighted by Crippen LogP contribution is -2.30. The maximum Gasteiger partial charge on any atom is 0.417 e. The van der Waals surface area contributed by atoms with Gasteiger partial charge in [-0.05, 0) is 48.4 Å². The number of halogens is 6. The van der Waals surface area contributed by atoms with Crippen molar-refractivity contribution in [1.29, 1.82) is 0 Å². The third kappa shape index (κ3) is 6.12. The molecule has 1 aliphatic heterocycles. The first-order chi connectivity index (χ1) is 19.9. The Kier molecular flexibility index (Phi) is 7.99. The zero-order valence-corrected chi connectivity index (χ0v) is 22.4. The van der Waals surface area contributed by atoms with Crippen molar-refractivity contribution in [2.75, 3.05) is 17.2 Å². The van der Waals surface area contributed by atoms with E-state index in [1.165, 1.54) is 22.8 Å². The summed E-state index contributed by atoms with van der Waals surface area (Å²) in [5.41, 5.74) is -0.917. The molecule has 0 atom stereocenters. The van der Waals surface area contributed by atoms with E-state index >= 15 is 0 Å². The van der Waals surface area contributed by atoms with Gasteiger partial charge in [0.1, 0.15) is 0 Å². The van der Waals surface area contributed by atoms with Gasteiger partial charge in [-0.15, -0.1) is 10.2 Å². The second-order valence-corrected chi connectivity index (χ2v) is 10.2. The molecule has 2 heterocycles. The first-order valence-electron chi connectivity index (χ1n) is 12.5. The van der Waals surface area contributed by atoms with Crippen LogP contribution < -0.4 is 10.2 Å². The largest absolute Gasteiger partial charge is 0.417 e. The van der Waals surface area contributed by atoms with Crippen molar-refractivity contribution in [3.05, 3.63) is 101 Å². The van der Waals surface area contributed by atoms with Crippen molar-refractivity contribution < 1.29 is 35.9 Å². The number of fused-ring (bicyclic) bond motifs is 1. The number of aromatic nitrogens is 3. The monoisotopic (exact) mass is 605 g/mol. The van der Waals surface area contributed by atoms with Crippen molar-refractivity contribution in [3.8, 4) is 5.69 Å². The summed E-state index contributed by atoms with van der Waals surface area (Å²) in [4.78, 5) is 27.4. The maximum absolute atomic E-state index is 13.5. The maximum atomic E-state index is 13.5. The van der Waals surface area contributed by atoms with Crippen LogP contribution in [0.3, 0.4) is 0 Å². The lowest BCUT2D eigenvalue weighted by molar-refractivity contribution is -0.138. The summed E-state index contributed by atoms with van der Waals surface area (Å²) in [6, 6.07) is 15.9. The number of nitrogens with one attached hydrogen (secondary N) is 1. The predicted octanol–water partition coefficient (Wildman–Crippen LogP) is 5.92. The van der Waals surface area contributed by atoms with E-state index in [4.69, 9.17) is 0 Å². The number of anilines is 1. The highest BCUT2D eigenvalue weighted by atomic mass is 32.2. The molecule has 0 saturated carbocycles. The van der Waals surface area contributed by atoms with Gasteiger partial charge in [-0.2, -0.15) is 26.3 Å². The Labute approximate surface area is 239 Å². The summed E-state index contributed by atoms with van der Waals surface area (Å²) >= 11 is 0.938. The number of alkyl halides is 6. The summed E-state index contributed by atoms with van der Waals surface area (Å²) in [5, 5.41) is 10.4. The summed E-state index contributed by atoms with van der Waals surface area (Å²) in [6.45, 7) is 0.0258. The van der Waals surface area contributed by atoms with Crippen LogP contribution >= 0.6 is 11.8 Å². The van der Waals surface area contributed by atoms with Crippen LogP contribution in [-0.4, -0.2) is 38.9 Å². The third-order valence-electron chi connectivity index (χ3n) is 6.53. The number of nitrogens with zero attached hydrogens (tertiary/aromatic N) is 4. The van der Waals surface area contributed by atoms with Gasteiger partial charge in [0, 0.05) is 12.2 Å². The zero-order valence-electron chi connectivity index (χ0n) is 21.5. The molecule has 0 aliphatic carbocycles. The number of carbonyl (C=O) groups excluding carboxylic acids is 2. The molecule has 1 aromatic heterocycles. The van der Waals surface area contributed by atoms with Gasteiger partial charge in [0.2, 0.25) is 5.91 Å². The van der Waals surface area contributed by atoms with Crippen LogP contribution in [0.15, 0.2) is 78.0 Å². The highest BCUT2D eigenvalue weighted by Gasteiger charge is 2.35. The van der Waals surface area contributed by atoms with Crippen LogP contribution in [-0.2, 0) is 30.1 Å². The highest BCUT2D eigenvalue weighted by molar-refractivity contribution is 7.99. The number of para-hydroxylation sites is 1. The summed E-state index contributed by atoms with van der Waals surface area (Å²) in [5.74, 6) is -1.47. The summed E-state index contributed by atoms with van der Waals surface area (Å²) in [7, 11) is 0. The molecule has 42 heavy (non-hydrogen) atoms. The van der Waals surface area contributed by atoms with Gasteiger partial charge in [-0.1, -0.05) is 48.2 Å². The molecule has 14 heteroatoms. The van der Waals surface area contributed by atoms with Crippen molar-refractivity contribution in [2.45, 2.75) is 30.5 Å². The van der Waals surface area contributed by atoms with Crippen molar-refractivity contribution in [2.24, 2.45) is 0 Å². The van der Waals surface area contributed by atoms with E-state index in [1.807, 2.05) is 24.3 Å². The smallest absolute Gasteiger partial charge is 0.345 e. The predicted molar refractivity (Wildman–Crippen MR) is 142 cm³/mol. The number of amides is 2. The standard InChI is InChI=1S/C28H21F6N5O2S/c29-27(30,31)18-7-5-8-19(14-18)39-23(15-35-25(41)20-9-2-3-10-21(20)28(32,33)34)36-37-26(39)42-16-24(40)38-13-12-17-6-1-4-11-22(17)38/h1-11,14H,12-13,15-16H2,(H,35,41). The van der Waals surface area contributed by atoms with Crippen molar-refractivity contribution in [1.82, 2.24) is 20.1 Å². The van der Waals surface area contributed by atoms with Gasteiger partial charge >= 0.3 is 12.4 Å². The fourth-order valence-electron chi connectivity index (χ4n) is 4.57. The number of rotatable bonds is 7. The fraction of sp³-hybridized carbons (Fsp3) is 0.214. The molecule has 4 aromatic rings. The van der Waals surface area contributed by atoms with Crippen molar-refractivity contribution >= 4 is 29.3 Å². The second-order valence-electron chi connectivity index (χ2n) is 9.22. The Balaban J connectivity index is 1.41. The average molecular weight is 606 g/mol. The normalized spacial score (nSPS) is 13.2. The van der Waals surface area contributed by atoms with Gasteiger partial charge in [0.05, 0.1) is 34.7 Å². The molecule has 0 saturated heterocycles. The zero-order chi connectivity index (χ0) is 30.1. The van der Waals surface area contributed by atoms with E-state index < -0.39 is 41.5 Å². The lowest BCUT2D eigenvalue weighted by Gasteiger charge is -2.17. The third-order valence-corrected chi connectivity index (χ3v) is 7.44. The molecule has 5 rings (SSSR count).